The SMILES string of the molecule is CC(C)(O)[C@H]1CC[C@]2(C)CC[C@]3(C)[C@H](CC[C@@H]4[C@@]5(C)CC[C@H](O)C(C)(C)[C@@H]5CC[C@]43C)[C@@H]12. The highest BCUT2D eigenvalue weighted by atomic mass is 16.3. The number of fused-ring (bicyclic) bond motifs is 7. The van der Waals surface area contributed by atoms with Crippen molar-refractivity contribution in [2.24, 2.45) is 56.7 Å². The summed E-state index contributed by atoms with van der Waals surface area (Å²) in [6, 6.07) is 0. The van der Waals surface area contributed by atoms with Crippen LogP contribution in [-0.4, -0.2) is 21.9 Å². The highest BCUT2D eigenvalue weighted by Gasteiger charge is 2.70. The van der Waals surface area contributed by atoms with E-state index in [0.29, 0.717) is 39.4 Å². The molecule has 10 atom stereocenters. The first kappa shape index (κ1) is 23.7. The number of hydrogen-bond donors (Lipinski definition) is 2. The molecule has 0 saturated heterocycles. The smallest absolute Gasteiger partial charge is 0.0622 e. The van der Waals surface area contributed by atoms with E-state index in [1.807, 2.05) is 0 Å². The Kier molecular flexibility index (Phi) is 5.01. The van der Waals surface area contributed by atoms with Crippen molar-refractivity contribution in [2.45, 2.75) is 131 Å². The number of hydrogen-bond acceptors (Lipinski definition) is 2. The molecule has 2 nitrogen and oxygen atoms in total. The third-order valence-corrected chi connectivity index (χ3v) is 13.7. The molecular weight excluding hydrogens is 392 g/mol. The Morgan fingerprint density at radius 2 is 1.38 bits per heavy atom. The van der Waals surface area contributed by atoms with E-state index in [1.165, 1.54) is 57.8 Å². The van der Waals surface area contributed by atoms with Gasteiger partial charge in [-0.1, -0.05) is 41.5 Å². The van der Waals surface area contributed by atoms with Gasteiger partial charge in [-0.2, -0.15) is 0 Å². The van der Waals surface area contributed by atoms with Gasteiger partial charge in [0.2, 0.25) is 0 Å². The molecule has 0 unspecified atom stereocenters. The van der Waals surface area contributed by atoms with Crippen LogP contribution in [0.1, 0.15) is 120 Å². The average Bonchev–Trinajstić information content (AvgIpc) is 3.04. The molecular formula is C30H52O2. The van der Waals surface area contributed by atoms with Crippen LogP contribution in [0, 0.1) is 56.7 Å². The monoisotopic (exact) mass is 444 g/mol. The Bertz CT molecular complexity index is 765. The molecule has 5 fully saturated rings. The zero-order valence-electron chi connectivity index (χ0n) is 22.4. The van der Waals surface area contributed by atoms with Crippen molar-refractivity contribution < 1.29 is 10.2 Å². The van der Waals surface area contributed by atoms with E-state index in [1.54, 1.807) is 0 Å². The van der Waals surface area contributed by atoms with Gasteiger partial charge >= 0.3 is 0 Å². The second-order valence-electron chi connectivity index (χ2n) is 15.5. The third-order valence-electron chi connectivity index (χ3n) is 13.7. The predicted molar refractivity (Wildman–Crippen MR) is 132 cm³/mol. The third kappa shape index (κ3) is 2.78. The minimum absolute atomic E-state index is 0.0364. The van der Waals surface area contributed by atoms with E-state index in [-0.39, 0.29) is 11.5 Å². The molecule has 0 radical (unpaired) electrons. The molecule has 0 aliphatic heterocycles. The Balaban J connectivity index is 1.54. The zero-order valence-corrected chi connectivity index (χ0v) is 22.4. The van der Waals surface area contributed by atoms with Crippen molar-refractivity contribution in [3.8, 4) is 0 Å². The first-order valence-electron chi connectivity index (χ1n) is 14.0. The van der Waals surface area contributed by atoms with E-state index in [4.69, 9.17) is 0 Å². The Labute approximate surface area is 198 Å². The minimum Gasteiger partial charge on any atom is -0.393 e. The van der Waals surface area contributed by atoms with Crippen molar-refractivity contribution in [1.29, 1.82) is 0 Å². The normalized spacial score (nSPS) is 57.2. The molecule has 0 aromatic rings. The maximum atomic E-state index is 11.2. The molecule has 0 aromatic heterocycles. The fraction of sp³-hybridized carbons (Fsp3) is 1.00. The van der Waals surface area contributed by atoms with Crippen molar-refractivity contribution in [2.75, 3.05) is 0 Å². The van der Waals surface area contributed by atoms with E-state index in [9.17, 15) is 10.2 Å². The lowest BCUT2D eigenvalue weighted by Crippen LogP contribution is -2.66. The summed E-state index contributed by atoms with van der Waals surface area (Å²) >= 11 is 0. The van der Waals surface area contributed by atoms with Gasteiger partial charge in [0.25, 0.3) is 0 Å². The first-order chi connectivity index (χ1) is 14.6. The molecule has 5 rings (SSSR count). The van der Waals surface area contributed by atoms with Gasteiger partial charge in [0.05, 0.1) is 11.7 Å². The molecule has 0 heterocycles. The van der Waals surface area contributed by atoms with Crippen LogP contribution in [0.4, 0.5) is 0 Å². The van der Waals surface area contributed by atoms with Crippen molar-refractivity contribution in [3.63, 3.8) is 0 Å². The molecule has 0 aromatic carbocycles. The van der Waals surface area contributed by atoms with Gasteiger partial charge < -0.3 is 10.2 Å². The molecule has 32 heavy (non-hydrogen) atoms. The number of aliphatic hydroxyl groups is 2. The number of aliphatic hydroxyl groups excluding tert-OH is 1. The maximum Gasteiger partial charge on any atom is 0.0622 e. The lowest BCUT2D eigenvalue weighted by molar-refractivity contribution is -0.250. The summed E-state index contributed by atoms with van der Waals surface area (Å²) in [4.78, 5) is 0. The second kappa shape index (κ2) is 6.77. The molecule has 0 amide bonds. The minimum atomic E-state index is -0.564. The fourth-order valence-electron chi connectivity index (χ4n) is 11.7. The van der Waals surface area contributed by atoms with Gasteiger partial charge in [-0.05, 0) is 135 Å². The summed E-state index contributed by atoms with van der Waals surface area (Å²) in [5, 5.41) is 22.1. The van der Waals surface area contributed by atoms with E-state index >= 15 is 0 Å². The molecule has 2 N–H and O–H groups in total. The Hall–Kier alpha value is -0.0800. The van der Waals surface area contributed by atoms with Crippen molar-refractivity contribution in [1.82, 2.24) is 0 Å². The second-order valence-corrected chi connectivity index (χ2v) is 15.5. The zero-order chi connectivity index (χ0) is 23.5. The largest absolute Gasteiger partial charge is 0.393 e. The topological polar surface area (TPSA) is 40.5 Å². The van der Waals surface area contributed by atoms with Gasteiger partial charge in [-0.25, -0.2) is 0 Å². The Morgan fingerprint density at radius 3 is 2.03 bits per heavy atom. The van der Waals surface area contributed by atoms with Crippen LogP contribution in [0.25, 0.3) is 0 Å². The molecule has 184 valence electrons. The molecule has 0 bridgehead atoms. The fourth-order valence-corrected chi connectivity index (χ4v) is 11.7. The highest BCUT2D eigenvalue weighted by molar-refractivity contribution is 5.19. The lowest BCUT2D eigenvalue weighted by atomic mass is 9.32. The van der Waals surface area contributed by atoms with Crippen LogP contribution in [0.5, 0.6) is 0 Å². The molecule has 5 saturated carbocycles. The van der Waals surface area contributed by atoms with Crippen LogP contribution < -0.4 is 0 Å². The molecule has 2 heteroatoms. The average molecular weight is 445 g/mol. The van der Waals surface area contributed by atoms with Gasteiger partial charge in [0, 0.05) is 0 Å². The summed E-state index contributed by atoms with van der Waals surface area (Å²) in [6.07, 6.45) is 12.6. The number of rotatable bonds is 1. The van der Waals surface area contributed by atoms with Gasteiger partial charge in [-0.15, -0.1) is 0 Å². The summed E-state index contributed by atoms with van der Waals surface area (Å²) in [5.41, 5.74) is 1.02. The maximum absolute atomic E-state index is 11.2. The van der Waals surface area contributed by atoms with Crippen LogP contribution >= 0.6 is 0 Å². The van der Waals surface area contributed by atoms with Crippen LogP contribution in [0.15, 0.2) is 0 Å². The highest BCUT2D eigenvalue weighted by Crippen LogP contribution is 2.77. The molecule has 0 spiro atoms. The summed E-state index contributed by atoms with van der Waals surface area (Å²) < 4.78 is 0. The van der Waals surface area contributed by atoms with Gasteiger partial charge in [0.1, 0.15) is 0 Å². The van der Waals surface area contributed by atoms with Crippen LogP contribution in [0.2, 0.25) is 0 Å². The van der Waals surface area contributed by atoms with E-state index in [0.717, 1.165) is 18.3 Å². The van der Waals surface area contributed by atoms with Crippen LogP contribution in [0.3, 0.4) is 0 Å². The van der Waals surface area contributed by atoms with E-state index < -0.39 is 5.60 Å². The Morgan fingerprint density at radius 1 is 0.688 bits per heavy atom. The summed E-state index contributed by atoms with van der Waals surface area (Å²) in [5.74, 6) is 3.29. The first-order valence-corrected chi connectivity index (χ1v) is 14.0. The van der Waals surface area contributed by atoms with E-state index in [2.05, 4.69) is 55.4 Å². The standard InChI is InChI=1S/C30H52O2/c1-25(2)21-12-16-30(8)22(28(21,6)15-13-23(25)31)10-9-20-24-19(26(3,4)32)11-14-27(24,5)17-18-29(20,30)7/h19-24,31-32H,9-18H2,1-8H3/t19-,20+,21-,22+,23-,24+,27+,28-,29+,30+/m0/s1. The summed E-state index contributed by atoms with van der Waals surface area (Å²) in [7, 11) is 0. The van der Waals surface area contributed by atoms with Gasteiger partial charge in [-0.3, -0.25) is 0 Å². The lowest BCUT2D eigenvalue weighted by Gasteiger charge is -2.73. The predicted octanol–water partition coefficient (Wildman–Crippen LogP) is 7.22. The summed E-state index contributed by atoms with van der Waals surface area (Å²) in [6.45, 7) is 19.5. The van der Waals surface area contributed by atoms with Crippen LogP contribution in [-0.2, 0) is 0 Å². The molecule has 5 aliphatic rings. The quantitative estimate of drug-likeness (QED) is 0.448. The molecule has 5 aliphatic carbocycles. The van der Waals surface area contributed by atoms with Gasteiger partial charge in [0.15, 0.2) is 0 Å². The van der Waals surface area contributed by atoms with Crippen molar-refractivity contribution >= 4 is 0 Å². The van der Waals surface area contributed by atoms with Crippen molar-refractivity contribution in [3.05, 3.63) is 0 Å².